The fourth-order valence-corrected chi connectivity index (χ4v) is 6.23. The topological polar surface area (TPSA) is 215 Å². The van der Waals surface area contributed by atoms with Crippen molar-refractivity contribution in [1.29, 1.82) is 0 Å². The quantitative estimate of drug-likeness (QED) is 0.119. The van der Waals surface area contributed by atoms with Crippen LogP contribution < -0.4 is 21.7 Å². The number of nitrogens with two attached hydrogens (primary N) is 1. The second-order valence-corrected chi connectivity index (χ2v) is 11.1. The van der Waals surface area contributed by atoms with Gasteiger partial charge in [-0.1, -0.05) is 13.3 Å². The van der Waals surface area contributed by atoms with Crippen molar-refractivity contribution in [2.45, 2.75) is 63.6 Å². The lowest BCUT2D eigenvalue weighted by Gasteiger charge is -2.38. The lowest BCUT2D eigenvalue weighted by atomic mass is 9.78. The van der Waals surface area contributed by atoms with Crippen LogP contribution in [0.2, 0.25) is 6.32 Å². The van der Waals surface area contributed by atoms with Crippen LogP contribution in [-0.2, 0) is 24.6 Å². The molecule has 2 aliphatic rings. The lowest BCUT2D eigenvalue weighted by Crippen LogP contribution is -2.64. The van der Waals surface area contributed by atoms with Gasteiger partial charge in [-0.2, -0.15) is 17.0 Å². The Morgan fingerprint density at radius 3 is 2.34 bits per heavy atom. The molecule has 4 atom stereocenters. The fourth-order valence-electron chi connectivity index (χ4n) is 4.34. The fraction of sp³-hybridized carbons (Fsp3) is 0.842. The lowest BCUT2D eigenvalue weighted by molar-refractivity contribution is -0.149. The van der Waals surface area contributed by atoms with Gasteiger partial charge in [-0.15, -0.1) is 0 Å². The van der Waals surface area contributed by atoms with E-state index in [-0.39, 0.29) is 38.3 Å². The summed E-state index contributed by atoms with van der Waals surface area (Å²) in [7, 11) is -5.65. The molecule has 0 aromatic carbocycles. The maximum atomic E-state index is 13.4. The minimum Gasteiger partial charge on any atom is -0.479 e. The van der Waals surface area contributed by atoms with Gasteiger partial charge >= 0.3 is 13.1 Å². The van der Waals surface area contributed by atoms with Gasteiger partial charge in [0.15, 0.2) is 5.54 Å². The van der Waals surface area contributed by atoms with Crippen LogP contribution in [0.5, 0.6) is 0 Å². The molecule has 0 saturated carbocycles. The standard InChI is InChI=1S/C19H37BN6O8S/c1-4-26(15-8-22-9-15)35(33,34)25-10-14(6-5-7-20(31)32)19(11-25,18(29)30)24-17(28)13(3)23-16(27)12(2)21/h12-15,22,31-32H,4-11,21H2,1-3H3,(H,23,27)(H,24,28)(H,29,30)/t12-,13-,14-,19-/m0/s1. The number of rotatable bonds is 13. The van der Waals surface area contributed by atoms with Crippen molar-refractivity contribution >= 4 is 35.1 Å². The van der Waals surface area contributed by atoms with E-state index in [0.29, 0.717) is 13.1 Å². The van der Waals surface area contributed by atoms with Crippen LogP contribution in [0.3, 0.4) is 0 Å². The molecule has 200 valence electrons. The molecule has 2 saturated heterocycles. The highest BCUT2D eigenvalue weighted by Crippen LogP contribution is 2.35. The summed E-state index contributed by atoms with van der Waals surface area (Å²) in [5, 5.41) is 36.5. The van der Waals surface area contributed by atoms with Gasteiger partial charge in [-0.25, -0.2) is 4.79 Å². The molecule has 0 unspecified atom stereocenters. The van der Waals surface area contributed by atoms with Crippen LogP contribution in [-0.4, -0.2) is 113 Å². The predicted molar refractivity (Wildman–Crippen MR) is 127 cm³/mol. The smallest absolute Gasteiger partial charge is 0.451 e. The van der Waals surface area contributed by atoms with E-state index in [1.54, 1.807) is 6.92 Å². The molecule has 2 amide bonds. The molecule has 16 heteroatoms. The van der Waals surface area contributed by atoms with Gasteiger partial charge < -0.3 is 36.8 Å². The number of aliphatic carboxylic acids is 1. The van der Waals surface area contributed by atoms with Crippen LogP contribution in [0.25, 0.3) is 0 Å². The Morgan fingerprint density at radius 1 is 1.26 bits per heavy atom. The number of carboxylic acid groups (broad SMARTS) is 1. The number of carbonyl (C=O) groups excluding carboxylic acids is 2. The molecule has 0 bridgehead atoms. The number of amides is 2. The summed E-state index contributed by atoms with van der Waals surface area (Å²) < 4.78 is 29.3. The van der Waals surface area contributed by atoms with E-state index in [0.717, 1.165) is 4.31 Å². The number of likely N-dealkylation sites (N-methyl/N-ethyl adjacent to an activating group) is 1. The molecule has 0 aromatic rings. The van der Waals surface area contributed by atoms with Gasteiger partial charge in [-0.05, 0) is 26.6 Å². The van der Waals surface area contributed by atoms with Gasteiger partial charge in [0, 0.05) is 38.6 Å². The average molecular weight is 520 g/mol. The summed E-state index contributed by atoms with van der Waals surface area (Å²) in [4.78, 5) is 37.4. The van der Waals surface area contributed by atoms with E-state index in [1.165, 1.54) is 18.2 Å². The highest BCUT2D eigenvalue weighted by Gasteiger charge is 2.57. The van der Waals surface area contributed by atoms with E-state index >= 15 is 0 Å². The minimum absolute atomic E-state index is 0.0391. The first-order valence-corrected chi connectivity index (χ1v) is 13.1. The average Bonchev–Trinajstić information content (AvgIpc) is 3.10. The SMILES string of the molecule is CCN(C1CNC1)S(=O)(=O)N1C[C@H](CCCB(O)O)[C@](NC(=O)[C@H](C)NC(=O)[C@H](C)N)(C(=O)O)C1. The Kier molecular flexibility index (Phi) is 10.0. The molecule has 0 aliphatic carbocycles. The second kappa shape index (κ2) is 11.9. The van der Waals surface area contributed by atoms with Crippen molar-refractivity contribution in [1.82, 2.24) is 24.6 Å². The zero-order valence-electron chi connectivity index (χ0n) is 20.3. The van der Waals surface area contributed by atoms with Crippen molar-refractivity contribution in [3.8, 4) is 0 Å². The zero-order valence-corrected chi connectivity index (χ0v) is 21.1. The van der Waals surface area contributed by atoms with Gasteiger partial charge in [0.25, 0.3) is 10.2 Å². The largest absolute Gasteiger partial charge is 0.479 e. The third-order valence-electron chi connectivity index (χ3n) is 6.56. The molecule has 8 N–H and O–H groups in total. The highest BCUT2D eigenvalue weighted by molar-refractivity contribution is 7.86. The first kappa shape index (κ1) is 29.4. The second-order valence-electron chi connectivity index (χ2n) is 9.21. The Bertz CT molecular complexity index is 887. The summed E-state index contributed by atoms with van der Waals surface area (Å²) in [6.45, 7) is 4.98. The van der Waals surface area contributed by atoms with Gasteiger partial charge in [-0.3, -0.25) is 9.59 Å². The van der Waals surface area contributed by atoms with Crippen molar-refractivity contribution in [3.05, 3.63) is 0 Å². The molecule has 35 heavy (non-hydrogen) atoms. The molecular weight excluding hydrogens is 483 g/mol. The summed E-state index contributed by atoms with van der Waals surface area (Å²) in [5.74, 6) is -3.68. The Hall–Kier alpha value is -1.82. The Labute approximate surface area is 205 Å². The number of carbonyl (C=O) groups is 3. The monoisotopic (exact) mass is 520 g/mol. The molecule has 2 aliphatic heterocycles. The maximum Gasteiger partial charge on any atom is 0.451 e. The van der Waals surface area contributed by atoms with Crippen LogP contribution in [0.1, 0.15) is 33.6 Å². The highest BCUT2D eigenvalue weighted by atomic mass is 32.2. The first-order valence-electron chi connectivity index (χ1n) is 11.7. The normalized spacial score (nSPS) is 25.1. The van der Waals surface area contributed by atoms with Crippen molar-refractivity contribution in [2.75, 3.05) is 32.7 Å². The van der Waals surface area contributed by atoms with Crippen LogP contribution in [0.4, 0.5) is 0 Å². The van der Waals surface area contributed by atoms with Crippen LogP contribution in [0, 0.1) is 5.92 Å². The number of hydrogen-bond donors (Lipinski definition) is 7. The molecular formula is C19H37BN6O8S. The Morgan fingerprint density at radius 2 is 1.89 bits per heavy atom. The Balaban J connectivity index is 2.33. The first-order chi connectivity index (χ1) is 16.3. The van der Waals surface area contributed by atoms with Crippen molar-refractivity contribution < 1.29 is 38.0 Å². The number of hydrogen-bond acceptors (Lipinski definition) is 9. The van der Waals surface area contributed by atoms with Crippen molar-refractivity contribution in [2.24, 2.45) is 11.7 Å². The van der Waals surface area contributed by atoms with Crippen LogP contribution in [0.15, 0.2) is 0 Å². The molecule has 0 aromatic heterocycles. The maximum absolute atomic E-state index is 13.4. The predicted octanol–water partition coefficient (Wildman–Crippen LogP) is -3.50. The summed E-state index contributed by atoms with van der Waals surface area (Å²) in [5.41, 5.74) is 3.53. The van der Waals surface area contributed by atoms with Gasteiger partial charge in [0.05, 0.1) is 12.1 Å². The minimum atomic E-state index is -4.05. The van der Waals surface area contributed by atoms with E-state index in [4.69, 9.17) is 5.73 Å². The van der Waals surface area contributed by atoms with Gasteiger partial charge in [0.2, 0.25) is 11.8 Å². The molecule has 2 fully saturated rings. The summed E-state index contributed by atoms with van der Waals surface area (Å²) in [6.07, 6.45) is 0.276. The third kappa shape index (κ3) is 6.69. The zero-order chi connectivity index (χ0) is 26.6. The van der Waals surface area contributed by atoms with E-state index in [9.17, 15) is 38.0 Å². The molecule has 2 rings (SSSR count). The molecule has 14 nitrogen and oxygen atoms in total. The summed E-state index contributed by atoms with van der Waals surface area (Å²) >= 11 is 0. The molecule has 2 heterocycles. The summed E-state index contributed by atoms with van der Waals surface area (Å²) in [6, 6.07) is -2.26. The van der Waals surface area contributed by atoms with Gasteiger partial charge in [0.1, 0.15) is 6.04 Å². The van der Waals surface area contributed by atoms with E-state index < -0.39 is 65.2 Å². The molecule has 0 spiro atoms. The number of carboxylic acids is 1. The molecule has 0 radical (unpaired) electrons. The third-order valence-corrected chi connectivity index (χ3v) is 8.64. The van der Waals surface area contributed by atoms with E-state index in [2.05, 4.69) is 16.0 Å². The van der Waals surface area contributed by atoms with Crippen LogP contribution >= 0.6 is 0 Å². The number of nitrogens with zero attached hydrogens (tertiary/aromatic N) is 2. The van der Waals surface area contributed by atoms with Crippen molar-refractivity contribution in [3.63, 3.8) is 0 Å². The number of nitrogens with one attached hydrogen (secondary N) is 3. The van der Waals surface area contributed by atoms with E-state index in [1.807, 2.05) is 0 Å².